The van der Waals surface area contributed by atoms with Crippen molar-refractivity contribution in [3.05, 3.63) is 47.0 Å². The van der Waals surface area contributed by atoms with Crippen LogP contribution in [0.2, 0.25) is 0 Å². The van der Waals surface area contributed by atoms with Crippen molar-refractivity contribution in [3.63, 3.8) is 0 Å². The molecule has 0 atom stereocenters. The van der Waals surface area contributed by atoms with Crippen LogP contribution in [-0.4, -0.2) is 12.6 Å². The molecule has 0 spiro atoms. The molecular formula is C13H15ClO2. The summed E-state index contributed by atoms with van der Waals surface area (Å²) in [5.41, 5.74) is 1.65. The first-order valence-corrected chi connectivity index (χ1v) is 5.60. The van der Waals surface area contributed by atoms with E-state index < -0.39 is 0 Å². The molecule has 0 fully saturated rings. The molecule has 0 unspecified atom stereocenters. The Morgan fingerprint density at radius 3 is 2.88 bits per heavy atom. The Hall–Kier alpha value is -1.28. The van der Waals surface area contributed by atoms with E-state index >= 15 is 0 Å². The monoisotopic (exact) mass is 238 g/mol. The second-order valence-electron chi connectivity index (χ2n) is 3.44. The molecule has 0 radical (unpaired) electrons. The summed E-state index contributed by atoms with van der Waals surface area (Å²) in [6.07, 6.45) is 1.50. The molecule has 3 heteroatoms. The SMILES string of the molecule is C=C(Cl)CCc1cccc(C(=O)OCC)c1. The molecule has 0 bridgehead atoms. The highest BCUT2D eigenvalue weighted by Crippen LogP contribution is 2.13. The van der Waals surface area contributed by atoms with Crippen molar-refractivity contribution >= 4 is 17.6 Å². The molecule has 0 amide bonds. The first-order chi connectivity index (χ1) is 7.63. The lowest BCUT2D eigenvalue weighted by Crippen LogP contribution is -2.04. The van der Waals surface area contributed by atoms with Gasteiger partial charge in [0.15, 0.2) is 0 Å². The van der Waals surface area contributed by atoms with E-state index in [1.807, 2.05) is 18.2 Å². The Kier molecular flexibility index (Phi) is 5.06. The highest BCUT2D eigenvalue weighted by atomic mass is 35.5. The number of hydrogen-bond donors (Lipinski definition) is 0. The van der Waals surface area contributed by atoms with Crippen LogP contribution in [0.1, 0.15) is 29.3 Å². The minimum absolute atomic E-state index is 0.283. The summed E-state index contributed by atoms with van der Waals surface area (Å²) in [5, 5.41) is 0.626. The molecule has 0 heterocycles. The molecule has 0 saturated heterocycles. The summed E-state index contributed by atoms with van der Waals surface area (Å²) >= 11 is 5.69. The van der Waals surface area contributed by atoms with Crippen molar-refractivity contribution in [2.75, 3.05) is 6.61 Å². The fourth-order valence-corrected chi connectivity index (χ4v) is 1.44. The molecule has 0 N–H and O–H groups in total. The smallest absolute Gasteiger partial charge is 0.338 e. The van der Waals surface area contributed by atoms with Gasteiger partial charge in [-0.3, -0.25) is 0 Å². The number of aryl methyl sites for hydroxylation is 1. The fraction of sp³-hybridized carbons (Fsp3) is 0.308. The van der Waals surface area contributed by atoms with Crippen LogP contribution in [0.5, 0.6) is 0 Å². The van der Waals surface area contributed by atoms with Crippen molar-refractivity contribution in [1.82, 2.24) is 0 Å². The molecule has 0 aromatic heterocycles. The first kappa shape index (κ1) is 12.8. The van der Waals surface area contributed by atoms with Gasteiger partial charge in [-0.25, -0.2) is 4.79 Å². The Labute approximate surface area is 101 Å². The standard InChI is InChI=1S/C13H15ClO2/c1-3-16-13(15)12-6-4-5-11(9-12)8-7-10(2)14/h4-6,9H,2-3,7-8H2,1H3. The van der Waals surface area contributed by atoms with Gasteiger partial charge in [0.1, 0.15) is 0 Å². The minimum Gasteiger partial charge on any atom is -0.462 e. The fourth-order valence-electron chi connectivity index (χ4n) is 1.35. The maximum atomic E-state index is 11.5. The molecule has 0 saturated carbocycles. The third-order valence-electron chi connectivity index (χ3n) is 2.12. The third-order valence-corrected chi connectivity index (χ3v) is 2.31. The van der Waals surface area contributed by atoms with Gasteiger partial charge in [-0.15, -0.1) is 0 Å². The topological polar surface area (TPSA) is 26.3 Å². The quantitative estimate of drug-likeness (QED) is 0.734. The van der Waals surface area contributed by atoms with Gasteiger partial charge in [0.05, 0.1) is 12.2 Å². The number of ether oxygens (including phenoxy) is 1. The predicted molar refractivity (Wildman–Crippen MR) is 65.7 cm³/mol. The van der Waals surface area contributed by atoms with Gasteiger partial charge in [-0.2, -0.15) is 0 Å². The van der Waals surface area contributed by atoms with E-state index in [-0.39, 0.29) is 5.97 Å². The number of allylic oxidation sites excluding steroid dienone is 1. The van der Waals surface area contributed by atoms with Gasteiger partial charge in [0.25, 0.3) is 0 Å². The summed E-state index contributed by atoms with van der Waals surface area (Å²) in [6, 6.07) is 7.38. The summed E-state index contributed by atoms with van der Waals surface area (Å²) in [4.78, 5) is 11.5. The van der Waals surface area contributed by atoms with Crippen LogP contribution in [0.3, 0.4) is 0 Å². The molecule has 86 valence electrons. The number of carbonyl (C=O) groups is 1. The van der Waals surface area contributed by atoms with Crippen LogP contribution >= 0.6 is 11.6 Å². The summed E-state index contributed by atoms with van der Waals surface area (Å²) < 4.78 is 4.93. The Bertz CT molecular complexity index is 385. The van der Waals surface area contributed by atoms with Gasteiger partial charge in [-0.05, 0) is 37.5 Å². The van der Waals surface area contributed by atoms with Crippen molar-refractivity contribution < 1.29 is 9.53 Å². The molecule has 0 aliphatic rings. The van der Waals surface area contributed by atoms with E-state index in [9.17, 15) is 4.79 Å². The normalized spacial score (nSPS) is 9.88. The molecule has 1 rings (SSSR count). The third kappa shape index (κ3) is 4.07. The van der Waals surface area contributed by atoms with Crippen molar-refractivity contribution in [1.29, 1.82) is 0 Å². The number of hydrogen-bond acceptors (Lipinski definition) is 2. The Balaban J connectivity index is 2.70. The van der Waals surface area contributed by atoms with Crippen molar-refractivity contribution in [2.24, 2.45) is 0 Å². The number of benzene rings is 1. The maximum Gasteiger partial charge on any atom is 0.338 e. The van der Waals surface area contributed by atoms with Crippen LogP contribution < -0.4 is 0 Å². The lowest BCUT2D eigenvalue weighted by Gasteiger charge is -2.04. The van der Waals surface area contributed by atoms with Gasteiger partial charge in [-0.1, -0.05) is 30.3 Å². The molecule has 2 nitrogen and oxygen atoms in total. The average Bonchev–Trinajstić information content (AvgIpc) is 2.27. The average molecular weight is 239 g/mol. The highest BCUT2D eigenvalue weighted by molar-refractivity contribution is 6.29. The van der Waals surface area contributed by atoms with Gasteiger partial charge >= 0.3 is 5.97 Å². The largest absolute Gasteiger partial charge is 0.462 e. The van der Waals surface area contributed by atoms with Crippen molar-refractivity contribution in [2.45, 2.75) is 19.8 Å². The van der Waals surface area contributed by atoms with Gasteiger partial charge in [0.2, 0.25) is 0 Å². The van der Waals surface area contributed by atoms with E-state index in [0.29, 0.717) is 23.6 Å². The zero-order chi connectivity index (χ0) is 12.0. The minimum atomic E-state index is -0.283. The summed E-state index contributed by atoms with van der Waals surface area (Å²) in [6.45, 7) is 5.81. The molecule has 1 aromatic carbocycles. The molecule has 0 aliphatic carbocycles. The molecule has 1 aromatic rings. The van der Waals surface area contributed by atoms with E-state index in [1.54, 1.807) is 13.0 Å². The summed E-state index contributed by atoms with van der Waals surface area (Å²) in [7, 11) is 0. The van der Waals surface area contributed by atoms with Gasteiger partial charge < -0.3 is 4.74 Å². The predicted octanol–water partition coefficient (Wildman–Crippen LogP) is 3.55. The van der Waals surface area contributed by atoms with E-state index in [0.717, 1.165) is 12.0 Å². The zero-order valence-electron chi connectivity index (χ0n) is 9.33. The number of rotatable bonds is 5. The number of carbonyl (C=O) groups excluding carboxylic acids is 1. The Morgan fingerprint density at radius 2 is 2.25 bits per heavy atom. The molecular weight excluding hydrogens is 224 g/mol. The number of halogens is 1. The lowest BCUT2D eigenvalue weighted by atomic mass is 10.1. The lowest BCUT2D eigenvalue weighted by molar-refractivity contribution is 0.0526. The van der Waals surface area contributed by atoms with Crippen LogP contribution in [-0.2, 0) is 11.2 Å². The van der Waals surface area contributed by atoms with Crippen LogP contribution in [0.15, 0.2) is 35.9 Å². The van der Waals surface area contributed by atoms with Crippen LogP contribution in [0.4, 0.5) is 0 Å². The van der Waals surface area contributed by atoms with Crippen LogP contribution in [0, 0.1) is 0 Å². The van der Waals surface area contributed by atoms with Crippen LogP contribution in [0.25, 0.3) is 0 Å². The van der Waals surface area contributed by atoms with E-state index in [2.05, 4.69) is 6.58 Å². The maximum absolute atomic E-state index is 11.5. The number of esters is 1. The second kappa shape index (κ2) is 6.33. The summed E-state index contributed by atoms with van der Waals surface area (Å²) in [5.74, 6) is -0.283. The van der Waals surface area contributed by atoms with Crippen molar-refractivity contribution in [3.8, 4) is 0 Å². The zero-order valence-corrected chi connectivity index (χ0v) is 10.1. The van der Waals surface area contributed by atoms with Gasteiger partial charge in [0, 0.05) is 5.03 Å². The van der Waals surface area contributed by atoms with E-state index in [1.165, 1.54) is 0 Å². The van der Waals surface area contributed by atoms with E-state index in [4.69, 9.17) is 16.3 Å². The highest BCUT2D eigenvalue weighted by Gasteiger charge is 2.06. The molecule has 0 aliphatic heterocycles. The molecule has 16 heavy (non-hydrogen) atoms. The Morgan fingerprint density at radius 1 is 1.50 bits per heavy atom. The first-order valence-electron chi connectivity index (χ1n) is 5.23. The second-order valence-corrected chi connectivity index (χ2v) is 3.97.